The van der Waals surface area contributed by atoms with E-state index in [1.165, 1.54) is 6.92 Å². The molecule has 0 aromatic heterocycles. The Bertz CT molecular complexity index is 216. The number of carbonyl (C=O) groups excluding carboxylic acids is 1. The Kier molecular flexibility index (Phi) is 4.16. The molecule has 0 spiro atoms. The van der Waals surface area contributed by atoms with E-state index in [-0.39, 0.29) is 23.0 Å². The predicted molar refractivity (Wildman–Crippen MR) is 38.2 cm³/mol. The van der Waals surface area contributed by atoms with Crippen LogP contribution in [-0.2, 0) is 26.6 Å². The van der Waals surface area contributed by atoms with Crippen LogP contribution in [0.25, 0.3) is 0 Å². The predicted octanol–water partition coefficient (Wildman–Crippen LogP) is 1.78. The fourth-order valence-electron chi connectivity index (χ4n) is 0.892. The van der Waals surface area contributed by atoms with Crippen LogP contribution in [0.5, 0.6) is 0 Å². The van der Waals surface area contributed by atoms with Gasteiger partial charge in [0.1, 0.15) is 5.76 Å². The fraction of sp³-hybridized carbons (Fsp3) is 0.375. The van der Waals surface area contributed by atoms with Gasteiger partial charge in [-0.1, -0.05) is 12.2 Å². The zero-order valence-corrected chi connectivity index (χ0v) is 7.74. The van der Waals surface area contributed by atoms with Gasteiger partial charge in [0.15, 0.2) is 0 Å². The van der Waals surface area contributed by atoms with Gasteiger partial charge < -0.3 is 4.74 Å². The first kappa shape index (κ1) is 10.5. The molecule has 0 unspecified atom stereocenters. The number of esters is 1. The van der Waals surface area contributed by atoms with E-state index in [1.54, 1.807) is 0 Å². The van der Waals surface area contributed by atoms with E-state index < -0.39 is 0 Å². The summed E-state index contributed by atoms with van der Waals surface area (Å²) in [6, 6.07) is 0. The van der Waals surface area contributed by atoms with Crippen molar-refractivity contribution in [1.82, 2.24) is 0 Å². The maximum Gasteiger partial charge on any atom is 0.307 e. The third kappa shape index (κ3) is 2.91. The molecule has 3 heteroatoms. The largest absolute Gasteiger partial charge is 0.431 e. The summed E-state index contributed by atoms with van der Waals surface area (Å²) in [5.41, 5.74) is 1.05. The van der Waals surface area contributed by atoms with Crippen molar-refractivity contribution in [1.29, 1.82) is 0 Å². The molecule has 1 radical (unpaired) electrons. The van der Waals surface area contributed by atoms with E-state index >= 15 is 0 Å². The van der Waals surface area contributed by atoms with Crippen LogP contribution in [0.2, 0.25) is 0 Å². The summed E-state index contributed by atoms with van der Waals surface area (Å²) in [5.74, 6) is 0.547. The average Bonchev–Trinajstić information content (AvgIpc) is 2.15. The number of allylic oxidation sites excluding steroid dienone is 3. The van der Waals surface area contributed by atoms with Gasteiger partial charge in [-0.15, -0.1) is 0 Å². The van der Waals surface area contributed by atoms with Crippen molar-refractivity contribution in [3.8, 4) is 0 Å². The average molecular weight is 193 g/mol. The maximum atomic E-state index is 10.5. The number of ether oxygens (including phenoxy) is 1. The molecule has 1 rings (SSSR count). The van der Waals surface area contributed by atoms with E-state index in [1.807, 2.05) is 19.1 Å². The third-order valence-corrected chi connectivity index (χ3v) is 1.38. The van der Waals surface area contributed by atoms with Crippen LogP contribution in [-0.4, -0.2) is 5.97 Å². The monoisotopic (exact) mass is 193 g/mol. The number of carbonyl (C=O) groups is 1. The molecule has 0 atom stereocenters. The molecule has 0 aliphatic heterocycles. The molecule has 11 heavy (non-hydrogen) atoms. The Morgan fingerprint density at radius 3 is 2.64 bits per heavy atom. The van der Waals surface area contributed by atoms with Crippen molar-refractivity contribution in [2.24, 2.45) is 0 Å². The smallest absolute Gasteiger partial charge is 0.307 e. The zero-order valence-electron chi connectivity index (χ0n) is 6.56. The minimum Gasteiger partial charge on any atom is -0.431 e. The van der Waals surface area contributed by atoms with Crippen molar-refractivity contribution in [3.63, 3.8) is 0 Å². The van der Waals surface area contributed by atoms with Gasteiger partial charge in [-0.25, -0.2) is 0 Å². The molecular weight excluding hydrogens is 183 g/mol. The van der Waals surface area contributed by atoms with Crippen LogP contribution >= 0.6 is 0 Å². The first-order valence-corrected chi connectivity index (χ1v) is 3.25. The summed E-state index contributed by atoms with van der Waals surface area (Å²) >= 11 is 0. The summed E-state index contributed by atoms with van der Waals surface area (Å²) in [6.45, 7) is 3.35. The second kappa shape index (κ2) is 4.37. The second-order valence-corrected chi connectivity index (χ2v) is 2.31. The quantitative estimate of drug-likeness (QED) is 0.468. The molecular formula is C8H10MnO2. The van der Waals surface area contributed by atoms with E-state index in [9.17, 15) is 4.79 Å². The van der Waals surface area contributed by atoms with Gasteiger partial charge >= 0.3 is 5.97 Å². The molecule has 0 aromatic carbocycles. The summed E-state index contributed by atoms with van der Waals surface area (Å²) in [4.78, 5) is 10.5. The fourth-order valence-corrected chi connectivity index (χ4v) is 0.892. The normalized spacial score (nSPS) is 14.7. The first-order chi connectivity index (χ1) is 4.70. The van der Waals surface area contributed by atoms with Crippen molar-refractivity contribution in [2.45, 2.75) is 20.3 Å². The molecule has 61 valence electrons. The van der Waals surface area contributed by atoms with Gasteiger partial charge in [-0.2, -0.15) is 0 Å². The molecule has 0 fully saturated rings. The van der Waals surface area contributed by atoms with E-state index in [0.717, 1.165) is 17.8 Å². The van der Waals surface area contributed by atoms with Gasteiger partial charge in [-0.3, -0.25) is 4.79 Å². The number of hydrogen-bond donors (Lipinski definition) is 0. The van der Waals surface area contributed by atoms with Gasteiger partial charge in [0.2, 0.25) is 0 Å². The Labute approximate surface area is 76.8 Å². The van der Waals surface area contributed by atoms with Crippen molar-refractivity contribution in [3.05, 3.63) is 23.5 Å². The minimum absolute atomic E-state index is 0. The first-order valence-electron chi connectivity index (χ1n) is 3.25. The summed E-state index contributed by atoms with van der Waals surface area (Å²) in [6.07, 6.45) is 4.69. The van der Waals surface area contributed by atoms with Gasteiger partial charge in [0.25, 0.3) is 0 Å². The Balaban J connectivity index is 0.000001000. The van der Waals surface area contributed by atoms with E-state index in [4.69, 9.17) is 4.74 Å². The maximum absolute atomic E-state index is 10.5. The second-order valence-electron chi connectivity index (χ2n) is 2.31. The Morgan fingerprint density at radius 2 is 2.27 bits per heavy atom. The molecule has 0 amide bonds. The third-order valence-electron chi connectivity index (χ3n) is 1.38. The van der Waals surface area contributed by atoms with E-state index in [2.05, 4.69) is 0 Å². The topological polar surface area (TPSA) is 26.3 Å². The van der Waals surface area contributed by atoms with Crippen molar-refractivity contribution < 1.29 is 26.6 Å². The molecule has 0 heterocycles. The standard InChI is InChI=1S/C8H10O2.Mn/c1-6-4-3-5-8(6)10-7(2)9;/h3-4H,5H2,1-2H3;. The van der Waals surface area contributed by atoms with Crippen LogP contribution in [0, 0.1) is 0 Å². The molecule has 0 saturated carbocycles. The van der Waals surface area contributed by atoms with Crippen LogP contribution in [0.1, 0.15) is 20.3 Å². The summed E-state index contributed by atoms with van der Waals surface area (Å²) in [5, 5.41) is 0. The van der Waals surface area contributed by atoms with Crippen LogP contribution in [0.4, 0.5) is 0 Å². The van der Waals surface area contributed by atoms with Crippen LogP contribution in [0.15, 0.2) is 23.5 Å². The summed E-state index contributed by atoms with van der Waals surface area (Å²) in [7, 11) is 0. The van der Waals surface area contributed by atoms with Crippen LogP contribution in [0.3, 0.4) is 0 Å². The molecule has 0 saturated heterocycles. The molecule has 1 aliphatic carbocycles. The zero-order chi connectivity index (χ0) is 7.56. The minimum atomic E-state index is -0.238. The summed E-state index contributed by atoms with van der Waals surface area (Å²) < 4.78 is 4.90. The van der Waals surface area contributed by atoms with Crippen LogP contribution < -0.4 is 0 Å². The van der Waals surface area contributed by atoms with Crippen molar-refractivity contribution >= 4 is 5.97 Å². The Morgan fingerprint density at radius 1 is 1.64 bits per heavy atom. The molecule has 2 nitrogen and oxygen atoms in total. The molecule has 0 bridgehead atoms. The van der Waals surface area contributed by atoms with Gasteiger partial charge in [0, 0.05) is 30.4 Å². The van der Waals surface area contributed by atoms with Crippen molar-refractivity contribution in [2.75, 3.05) is 0 Å². The van der Waals surface area contributed by atoms with Gasteiger partial charge in [0.05, 0.1) is 0 Å². The SMILES string of the molecule is CC(=O)OC1=C(C)C=CC1.[Mn]. The van der Waals surface area contributed by atoms with E-state index in [0.29, 0.717) is 0 Å². The Hall–Kier alpha value is -0.531. The number of rotatable bonds is 1. The molecule has 0 N–H and O–H groups in total. The van der Waals surface area contributed by atoms with Gasteiger partial charge in [-0.05, 0) is 12.5 Å². The molecule has 1 aliphatic rings. The number of hydrogen-bond acceptors (Lipinski definition) is 2. The molecule has 0 aromatic rings.